The number of sulfone groups is 1. The minimum Gasteiger partial charge on any atom is -0.478 e. The number of aryl methyl sites for hydroxylation is 1. The van der Waals surface area contributed by atoms with E-state index in [-0.39, 0.29) is 45.6 Å². The molecule has 0 atom stereocenters. The Morgan fingerprint density at radius 1 is 1.14 bits per heavy atom. The van der Waals surface area contributed by atoms with Gasteiger partial charge in [0.15, 0.2) is 0 Å². The van der Waals surface area contributed by atoms with Crippen molar-refractivity contribution in [2.75, 3.05) is 19.4 Å². The van der Waals surface area contributed by atoms with Gasteiger partial charge in [0.25, 0.3) is 5.91 Å². The van der Waals surface area contributed by atoms with Crippen LogP contribution in [-0.2, 0) is 25.8 Å². The van der Waals surface area contributed by atoms with Gasteiger partial charge in [-0.1, -0.05) is 17.7 Å². The second-order valence-corrected chi connectivity index (χ2v) is 11.1. The van der Waals surface area contributed by atoms with Gasteiger partial charge >= 0.3 is 5.97 Å². The van der Waals surface area contributed by atoms with Gasteiger partial charge in [0.05, 0.1) is 20.9 Å². The van der Waals surface area contributed by atoms with Crippen molar-refractivity contribution in [2.24, 2.45) is 0 Å². The number of amides is 2. The van der Waals surface area contributed by atoms with Crippen LogP contribution >= 0.6 is 11.6 Å². The molecule has 0 saturated carbocycles. The van der Waals surface area contributed by atoms with E-state index in [0.717, 1.165) is 6.07 Å². The lowest BCUT2D eigenvalue weighted by Crippen LogP contribution is -2.22. The molecule has 0 bridgehead atoms. The molecular weight excluding hydrogens is 518 g/mol. The SMILES string of the molecule is Cc1[nH]c(C=C2C(=O)Nc3ccc(Cl)cc32)c(CCC(=O)N(C)C)c1S(=O)(=O)c1cccc(C(=O)O)c1. The molecule has 0 radical (unpaired) electrons. The number of anilines is 1. The predicted octanol–water partition coefficient (Wildman–Crippen LogP) is 4.02. The summed E-state index contributed by atoms with van der Waals surface area (Å²) in [4.78, 5) is 40.8. The molecule has 37 heavy (non-hydrogen) atoms. The van der Waals surface area contributed by atoms with Crippen LogP contribution in [-0.4, -0.2) is 55.3 Å². The number of carboxylic acid groups (broad SMARTS) is 1. The van der Waals surface area contributed by atoms with Gasteiger partial charge in [-0.2, -0.15) is 0 Å². The lowest BCUT2D eigenvalue weighted by Gasteiger charge is -2.12. The third kappa shape index (κ3) is 5.03. The van der Waals surface area contributed by atoms with Gasteiger partial charge in [-0.3, -0.25) is 9.59 Å². The second kappa shape index (κ2) is 9.87. The topological polar surface area (TPSA) is 137 Å². The van der Waals surface area contributed by atoms with Crippen molar-refractivity contribution in [2.45, 2.75) is 29.6 Å². The number of carbonyl (C=O) groups excluding carboxylic acids is 2. The van der Waals surface area contributed by atoms with Crippen molar-refractivity contribution >= 4 is 56.6 Å². The Kier molecular flexibility index (Phi) is 6.98. The van der Waals surface area contributed by atoms with Crippen LogP contribution in [0, 0.1) is 6.92 Å². The van der Waals surface area contributed by atoms with Crippen molar-refractivity contribution in [3.05, 3.63) is 75.6 Å². The van der Waals surface area contributed by atoms with E-state index in [9.17, 15) is 27.9 Å². The van der Waals surface area contributed by atoms with E-state index in [1.807, 2.05) is 0 Å². The lowest BCUT2D eigenvalue weighted by atomic mass is 10.0. The predicted molar refractivity (Wildman–Crippen MR) is 139 cm³/mol. The highest BCUT2D eigenvalue weighted by atomic mass is 35.5. The highest BCUT2D eigenvalue weighted by Gasteiger charge is 2.30. The van der Waals surface area contributed by atoms with Crippen molar-refractivity contribution in [3.8, 4) is 0 Å². The fraction of sp³-hybridized carbons (Fsp3) is 0.192. The quantitative estimate of drug-likeness (QED) is 0.386. The monoisotopic (exact) mass is 541 g/mol. The molecule has 1 aromatic heterocycles. The Bertz CT molecular complexity index is 1590. The van der Waals surface area contributed by atoms with E-state index in [4.69, 9.17) is 11.6 Å². The van der Waals surface area contributed by atoms with Gasteiger partial charge in [-0.25, -0.2) is 13.2 Å². The Morgan fingerprint density at radius 2 is 1.86 bits per heavy atom. The van der Waals surface area contributed by atoms with Crippen molar-refractivity contribution in [3.63, 3.8) is 0 Å². The average molecular weight is 542 g/mol. The molecule has 11 heteroatoms. The molecule has 9 nitrogen and oxygen atoms in total. The van der Waals surface area contributed by atoms with Crippen molar-refractivity contribution in [1.82, 2.24) is 9.88 Å². The molecule has 2 heterocycles. The fourth-order valence-corrected chi connectivity index (χ4v) is 6.17. The number of hydrogen-bond donors (Lipinski definition) is 3. The summed E-state index contributed by atoms with van der Waals surface area (Å²) in [5, 5.41) is 12.5. The van der Waals surface area contributed by atoms with E-state index in [1.165, 1.54) is 23.1 Å². The number of rotatable bonds is 7. The zero-order valence-corrected chi connectivity index (χ0v) is 21.8. The van der Waals surface area contributed by atoms with Crippen molar-refractivity contribution in [1.29, 1.82) is 0 Å². The maximum atomic E-state index is 13.8. The van der Waals surface area contributed by atoms with Gasteiger partial charge in [-0.05, 0) is 61.4 Å². The van der Waals surface area contributed by atoms with Gasteiger partial charge < -0.3 is 20.3 Å². The molecule has 4 rings (SSSR count). The van der Waals surface area contributed by atoms with Crippen molar-refractivity contribution < 1.29 is 27.9 Å². The van der Waals surface area contributed by atoms with Gasteiger partial charge in [0, 0.05) is 48.2 Å². The van der Waals surface area contributed by atoms with Crippen LogP contribution in [0.2, 0.25) is 5.02 Å². The van der Waals surface area contributed by atoms with E-state index in [2.05, 4.69) is 10.3 Å². The Balaban J connectivity index is 1.90. The summed E-state index contributed by atoms with van der Waals surface area (Å²) in [6.45, 7) is 1.58. The largest absolute Gasteiger partial charge is 0.478 e. The van der Waals surface area contributed by atoms with Crippen LogP contribution in [0.5, 0.6) is 0 Å². The molecule has 0 fully saturated rings. The molecule has 2 amide bonds. The molecule has 1 aliphatic heterocycles. The number of nitrogens with zero attached hydrogens (tertiary/aromatic N) is 1. The van der Waals surface area contributed by atoms with Gasteiger partial charge in [0.2, 0.25) is 15.7 Å². The summed E-state index contributed by atoms with van der Waals surface area (Å²) in [7, 11) is -0.982. The highest BCUT2D eigenvalue weighted by Crippen LogP contribution is 2.37. The van der Waals surface area contributed by atoms with Crippen LogP contribution in [0.3, 0.4) is 0 Å². The Hall–Kier alpha value is -3.89. The molecule has 2 aromatic carbocycles. The van der Waals surface area contributed by atoms with Crippen LogP contribution in [0.15, 0.2) is 52.3 Å². The molecule has 1 aliphatic rings. The van der Waals surface area contributed by atoms with Crippen LogP contribution in [0.4, 0.5) is 5.69 Å². The second-order valence-electron chi connectivity index (χ2n) is 8.80. The number of halogens is 1. The third-order valence-corrected chi connectivity index (χ3v) is 8.26. The number of aromatic nitrogens is 1. The van der Waals surface area contributed by atoms with E-state index in [0.29, 0.717) is 33.2 Å². The van der Waals surface area contributed by atoms with Gasteiger partial charge in [-0.15, -0.1) is 0 Å². The molecule has 0 aliphatic carbocycles. The number of aromatic carboxylic acids is 1. The summed E-state index contributed by atoms with van der Waals surface area (Å²) in [6, 6.07) is 10.1. The summed E-state index contributed by atoms with van der Waals surface area (Å²) in [5.41, 5.74) is 2.24. The first-order chi connectivity index (χ1) is 17.4. The minimum atomic E-state index is -4.19. The first kappa shape index (κ1) is 26.2. The Labute approximate surface area is 218 Å². The van der Waals surface area contributed by atoms with Crippen LogP contribution in [0.25, 0.3) is 11.6 Å². The maximum Gasteiger partial charge on any atom is 0.335 e. The number of hydrogen-bond acceptors (Lipinski definition) is 5. The summed E-state index contributed by atoms with van der Waals surface area (Å²) in [6.07, 6.45) is 1.64. The molecule has 0 unspecified atom stereocenters. The number of H-pyrrole nitrogens is 1. The molecule has 192 valence electrons. The van der Waals surface area contributed by atoms with E-state index >= 15 is 0 Å². The number of aromatic amines is 1. The van der Waals surface area contributed by atoms with E-state index in [1.54, 1.807) is 45.3 Å². The number of carboxylic acids is 1. The van der Waals surface area contributed by atoms with E-state index < -0.39 is 15.8 Å². The lowest BCUT2D eigenvalue weighted by molar-refractivity contribution is -0.128. The number of carbonyl (C=O) groups is 3. The molecule has 3 aromatic rings. The molecule has 0 saturated heterocycles. The minimum absolute atomic E-state index is 0.0206. The number of benzene rings is 2. The van der Waals surface area contributed by atoms with Gasteiger partial charge in [0.1, 0.15) is 0 Å². The number of nitrogens with one attached hydrogen (secondary N) is 2. The normalized spacial score (nSPS) is 13.9. The zero-order valence-electron chi connectivity index (χ0n) is 20.3. The fourth-order valence-electron chi connectivity index (χ4n) is 4.24. The average Bonchev–Trinajstić information content (AvgIpc) is 3.33. The van der Waals surface area contributed by atoms with Crippen LogP contribution < -0.4 is 5.32 Å². The highest BCUT2D eigenvalue weighted by molar-refractivity contribution is 7.91. The maximum absolute atomic E-state index is 13.8. The Morgan fingerprint density at radius 3 is 2.54 bits per heavy atom. The smallest absolute Gasteiger partial charge is 0.335 e. The zero-order chi connectivity index (χ0) is 27.1. The molecular formula is C26H24ClN3O6S. The molecule has 0 spiro atoms. The number of fused-ring (bicyclic) bond motifs is 1. The first-order valence-electron chi connectivity index (χ1n) is 11.2. The summed E-state index contributed by atoms with van der Waals surface area (Å²) >= 11 is 6.14. The summed E-state index contributed by atoms with van der Waals surface area (Å²) < 4.78 is 27.5. The summed E-state index contributed by atoms with van der Waals surface area (Å²) in [5.74, 6) is -1.84. The standard InChI is InChI=1S/C26H24ClN3O6S/c1-14-24(37(35,36)17-6-4-5-15(11-17)26(33)34)18(8-10-23(31)30(2)3)22(28-14)13-20-19-12-16(27)7-9-21(19)29-25(20)32/h4-7,9,11-13,28H,8,10H2,1-3H3,(H,29,32)(H,33,34). The third-order valence-electron chi connectivity index (χ3n) is 6.06. The van der Waals surface area contributed by atoms with Crippen LogP contribution in [0.1, 0.15) is 39.3 Å². The molecule has 3 N–H and O–H groups in total. The first-order valence-corrected chi connectivity index (χ1v) is 13.1.